The first-order valence-electron chi connectivity index (χ1n) is 4.95. The first-order chi connectivity index (χ1) is 7.81. The lowest BCUT2D eigenvalue weighted by Crippen LogP contribution is -1.96. The van der Waals surface area contributed by atoms with Crippen LogP contribution in [0.3, 0.4) is 0 Å². The molecule has 0 aliphatic carbocycles. The number of benzene rings is 1. The number of hydrogen-bond acceptors (Lipinski definition) is 3. The maximum absolute atomic E-state index is 6.33. The maximum Gasteiger partial charge on any atom is 0.122 e. The number of aromatic nitrogens is 1. The largest absolute Gasteiger partial charge is 0.496 e. The molecule has 1 atom stereocenters. The van der Waals surface area contributed by atoms with Gasteiger partial charge in [0.05, 0.1) is 18.0 Å². The van der Waals surface area contributed by atoms with E-state index < -0.39 is 0 Å². The highest BCUT2D eigenvalue weighted by atomic mass is 35.5. The molecule has 0 aliphatic rings. The highest BCUT2D eigenvalue weighted by Gasteiger charge is 2.12. The molecule has 1 unspecified atom stereocenters. The summed E-state index contributed by atoms with van der Waals surface area (Å²) in [4.78, 5) is 5.12. The van der Waals surface area contributed by atoms with Crippen molar-refractivity contribution >= 4 is 22.9 Å². The number of ether oxygens (including phenoxy) is 1. The van der Waals surface area contributed by atoms with Gasteiger partial charge in [-0.1, -0.05) is 18.2 Å². The van der Waals surface area contributed by atoms with Gasteiger partial charge in [-0.25, -0.2) is 0 Å². The summed E-state index contributed by atoms with van der Waals surface area (Å²) < 4.78 is 5.29. The molecule has 1 aromatic carbocycles. The van der Waals surface area contributed by atoms with E-state index in [-0.39, 0.29) is 5.38 Å². The fourth-order valence-electron chi connectivity index (χ4n) is 1.55. The number of rotatable bonds is 4. The topological polar surface area (TPSA) is 22.1 Å². The molecule has 0 saturated heterocycles. The maximum atomic E-state index is 6.33. The minimum Gasteiger partial charge on any atom is -0.496 e. The van der Waals surface area contributed by atoms with Crippen LogP contribution in [-0.4, -0.2) is 12.1 Å². The lowest BCUT2D eigenvalue weighted by molar-refractivity contribution is 0.409. The predicted molar refractivity (Wildman–Crippen MR) is 67.4 cm³/mol. The predicted octanol–water partition coefficient (Wildman–Crippen LogP) is 3.67. The summed E-state index contributed by atoms with van der Waals surface area (Å²) >= 11 is 7.91. The van der Waals surface area contributed by atoms with E-state index in [0.29, 0.717) is 0 Å². The number of nitrogens with zero attached hydrogens (tertiary/aromatic N) is 1. The lowest BCUT2D eigenvalue weighted by Gasteiger charge is -2.10. The minimum absolute atomic E-state index is 0.0381. The standard InChI is InChI=1S/C12H12ClNOS/c1-15-11-5-3-2-4-9(11)6-10(13)12-7-14-8-16-12/h2-5,7-8,10H,6H2,1H3. The number of thiazole rings is 1. The quantitative estimate of drug-likeness (QED) is 0.776. The van der Waals surface area contributed by atoms with Crippen molar-refractivity contribution in [2.45, 2.75) is 11.8 Å². The molecule has 0 N–H and O–H groups in total. The second-order valence-corrected chi connectivity index (χ2v) is 4.83. The van der Waals surface area contributed by atoms with Crippen molar-refractivity contribution < 1.29 is 4.74 Å². The molecule has 84 valence electrons. The summed E-state index contributed by atoms with van der Waals surface area (Å²) in [5, 5.41) is -0.0381. The number of halogens is 1. The Morgan fingerprint density at radius 3 is 2.94 bits per heavy atom. The first kappa shape index (κ1) is 11.4. The van der Waals surface area contributed by atoms with Gasteiger partial charge in [-0.15, -0.1) is 22.9 Å². The van der Waals surface area contributed by atoms with E-state index in [0.717, 1.165) is 22.6 Å². The molecule has 0 aliphatic heterocycles. The number of para-hydroxylation sites is 1. The highest BCUT2D eigenvalue weighted by Crippen LogP contribution is 2.30. The molecule has 1 heterocycles. The average molecular weight is 254 g/mol. The lowest BCUT2D eigenvalue weighted by atomic mass is 10.1. The summed E-state index contributed by atoms with van der Waals surface area (Å²) in [6.45, 7) is 0. The molecule has 0 fully saturated rings. The molecule has 0 bridgehead atoms. The van der Waals surface area contributed by atoms with Gasteiger partial charge in [0.15, 0.2) is 0 Å². The van der Waals surface area contributed by atoms with Crippen molar-refractivity contribution in [1.82, 2.24) is 4.98 Å². The molecule has 1 aromatic heterocycles. The third-order valence-electron chi connectivity index (χ3n) is 2.35. The number of alkyl halides is 1. The monoisotopic (exact) mass is 253 g/mol. The van der Waals surface area contributed by atoms with E-state index >= 15 is 0 Å². The van der Waals surface area contributed by atoms with Gasteiger partial charge < -0.3 is 4.74 Å². The van der Waals surface area contributed by atoms with Gasteiger partial charge in [-0.2, -0.15) is 0 Å². The van der Waals surface area contributed by atoms with Crippen LogP contribution in [0.4, 0.5) is 0 Å². The summed E-state index contributed by atoms with van der Waals surface area (Å²) in [6.07, 6.45) is 2.57. The molecule has 0 saturated carbocycles. The van der Waals surface area contributed by atoms with Crippen molar-refractivity contribution in [1.29, 1.82) is 0 Å². The van der Waals surface area contributed by atoms with Crippen molar-refractivity contribution in [2.75, 3.05) is 7.11 Å². The van der Waals surface area contributed by atoms with Gasteiger partial charge in [0.2, 0.25) is 0 Å². The highest BCUT2D eigenvalue weighted by molar-refractivity contribution is 7.09. The third kappa shape index (κ3) is 2.54. The molecule has 4 heteroatoms. The van der Waals surface area contributed by atoms with E-state index in [1.54, 1.807) is 24.0 Å². The zero-order valence-corrected chi connectivity index (χ0v) is 10.5. The number of methoxy groups -OCH3 is 1. The fraction of sp³-hybridized carbons (Fsp3) is 0.250. The van der Waals surface area contributed by atoms with Crippen molar-refractivity contribution in [3.05, 3.63) is 46.4 Å². The molecule has 0 radical (unpaired) electrons. The SMILES string of the molecule is COc1ccccc1CC(Cl)c1cncs1. The molecule has 2 aromatic rings. The second-order valence-electron chi connectivity index (χ2n) is 3.39. The average Bonchev–Trinajstić information content (AvgIpc) is 2.83. The summed E-state index contributed by atoms with van der Waals surface area (Å²) in [6, 6.07) is 7.94. The van der Waals surface area contributed by atoms with Crippen LogP contribution < -0.4 is 4.74 Å². The Hall–Kier alpha value is -1.06. The third-order valence-corrected chi connectivity index (χ3v) is 3.76. The molecule has 2 rings (SSSR count). The van der Waals surface area contributed by atoms with Crippen LogP contribution in [0.25, 0.3) is 0 Å². The van der Waals surface area contributed by atoms with Crippen LogP contribution in [-0.2, 0) is 6.42 Å². The van der Waals surface area contributed by atoms with Crippen LogP contribution in [0.15, 0.2) is 36.0 Å². The Balaban J connectivity index is 2.14. The minimum atomic E-state index is -0.0381. The Morgan fingerprint density at radius 2 is 2.25 bits per heavy atom. The first-order valence-corrected chi connectivity index (χ1v) is 6.27. The van der Waals surface area contributed by atoms with Crippen LogP contribution in [0.2, 0.25) is 0 Å². The molecule has 0 spiro atoms. The van der Waals surface area contributed by atoms with E-state index in [9.17, 15) is 0 Å². The Morgan fingerprint density at radius 1 is 1.44 bits per heavy atom. The van der Waals surface area contributed by atoms with E-state index in [2.05, 4.69) is 4.98 Å². The molecular weight excluding hydrogens is 242 g/mol. The van der Waals surface area contributed by atoms with Crippen LogP contribution in [0.1, 0.15) is 15.8 Å². The van der Waals surface area contributed by atoms with Crippen LogP contribution in [0, 0.1) is 0 Å². The smallest absolute Gasteiger partial charge is 0.122 e. The summed E-state index contributed by atoms with van der Waals surface area (Å²) in [7, 11) is 1.68. The van der Waals surface area contributed by atoms with Crippen LogP contribution in [0.5, 0.6) is 5.75 Å². The summed E-state index contributed by atoms with van der Waals surface area (Å²) in [5.41, 5.74) is 2.92. The Labute approximate surface area is 104 Å². The molecular formula is C12H12ClNOS. The Kier molecular flexibility index (Phi) is 3.80. The van der Waals surface area contributed by atoms with E-state index in [1.807, 2.05) is 30.5 Å². The molecule has 16 heavy (non-hydrogen) atoms. The van der Waals surface area contributed by atoms with Gasteiger partial charge >= 0.3 is 0 Å². The zero-order chi connectivity index (χ0) is 11.4. The second kappa shape index (κ2) is 5.32. The van der Waals surface area contributed by atoms with Gasteiger partial charge in [-0.05, 0) is 18.1 Å². The van der Waals surface area contributed by atoms with Gasteiger partial charge in [0, 0.05) is 11.1 Å². The van der Waals surface area contributed by atoms with Gasteiger partial charge in [-0.3, -0.25) is 4.98 Å². The Bertz CT molecular complexity index is 444. The summed E-state index contributed by atoms with van der Waals surface area (Å²) in [5.74, 6) is 0.887. The molecule has 0 amide bonds. The van der Waals surface area contributed by atoms with Crippen molar-refractivity contribution in [2.24, 2.45) is 0 Å². The number of hydrogen-bond donors (Lipinski definition) is 0. The van der Waals surface area contributed by atoms with Gasteiger partial charge in [0.25, 0.3) is 0 Å². The zero-order valence-electron chi connectivity index (χ0n) is 8.89. The van der Waals surface area contributed by atoms with E-state index in [4.69, 9.17) is 16.3 Å². The van der Waals surface area contributed by atoms with Crippen LogP contribution >= 0.6 is 22.9 Å². The van der Waals surface area contributed by atoms with Crippen molar-refractivity contribution in [3.8, 4) is 5.75 Å². The normalized spacial score (nSPS) is 12.4. The molecule has 2 nitrogen and oxygen atoms in total. The van der Waals surface area contributed by atoms with Gasteiger partial charge in [0.1, 0.15) is 5.75 Å². The fourth-order valence-corrected chi connectivity index (χ4v) is 2.52. The van der Waals surface area contributed by atoms with Crippen molar-refractivity contribution in [3.63, 3.8) is 0 Å². The van der Waals surface area contributed by atoms with E-state index in [1.165, 1.54) is 0 Å².